The summed E-state index contributed by atoms with van der Waals surface area (Å²) in [5, 5.41) is 0. The van der Waals surface area contributed by atoms with Crippen LogP contribution >= 0.6 is 0 Å². The number of benzene rings is 1. The first-order valence-electron chi connectivity index (χ1n) is 7.85. The van der Waals surface area contributed by atoms with Crippen LogP contribution in [-0.2, 0) is 14.9 Å². The number of hydrogen-bond acceptors (Lipinski definition) is 3. The van der Waals surface area contributed by atoms with Crippen LogP contribution in [0.4, 0.5) is 0 Å². The van der Waals surface area contributed by atoms with Crippen LogP contribution in [0.2, 0.25) is 0 Å². The van der Waals surface area contributed by atoms with Crippen LogP contribution in [0.25, 0.3) is 0 Å². The van der Waals surface area contributed by atoms with E-state index < -0.39 is 5.97 Å². The molecule has 0 saturated heterocycles. The van der Waals surface area contributed by atoms with Gasteiger partial charge < -0.3 is 9.64 Å². The third-order valence-corrected chi connectivity index (χ3v) is 3.51. The van der Waals surface area contributed by atoms with Crippen molar-refractivity contribution >= 4 is 11.9 Å². The van der Waals surface area contributed by atoms with Gasteiger partial charge in [0, 0.05) is 13.1 Å². The summed E-state index contributed by atoms with van der Waals surface area (Å²) < 4.78 is 5.12. The Morgan fingerprint density at radius 2 is 1.74 bits per heavy atom. The molecule has 1 aromatic rings. The Kier molecular flexibility index (Phi) is 6.55. The van der Waals surface area contributed by atoms with Crippen LogP contribution in [0.5, 0.6) is 0 Å². The minimum atomic E-state index is -0.481. The van der Waals surface area contributed by atoms with Gasteiger partial charge in [-0.3, -0.25) is 4.79 Å². The fraction of sp³-hybridized carbons (Fsp3) is 0.474. The molecule has 0 bridgehead atoms. The van der Waals surface area contributed by atoms with Crippen LogP contribution in [0.3, 0.4) is 0 Å². The van der Waals surface area contributed by atoms with Crippen LogP contribution in [0.1, 0.15) is 50.5 Å². The fourth-order valence-electron chi connectivity index (χ4n) is 2.11. The molecule has 0 aromatic heterocycles. The molecule has 0 radical (unpaired) electrons. The Balaban J connectivity index is 2.63. The Labute approximate surface area is 139 Å². The van der Waals surface area contributed by atoms with Gasteiger partial charge >= 0.3 is 5.97 Å². The smallest absolute Gasteiger partial charge is 0.338 e. The Bertz CT molecular complexity index is 567. The molecule has 4 heteroatoms. The highest BCUT2D eigenvalue weighted by Crippen LogP contribution is 2.22. The maximum absolute atomic E-state index is 12.0. The van der Waals surface area contributed by atoms with Crippen molar-refractivity contribution in [3.8, 4) is 0 Å². The summed E-state index contributed by atoms with van der Waals surface area (Å²) in [6, 6.07) is 7.30. The first kappa shape index (κ1) is 18.9. The van der Waals surface area contributed by atoms with E-state index in [0.29, 0.717) is 18.7 Å². The largest absolute Gasteiger partial charge is 0.452 e. The number of likely N-dealkylation sites (N-methyl/N-ethyl adjacent to an activating group) is 1. The molecular weight excluding hydrogens is 290 g/mol. The van der Waals surface area contributed by atoms with E-state index in [4.69, 9.17) is 4.74 Å². The van der Waals surface area contributed by atoms with Gasteiger partial charge in [-0.05, 0) is 37.0 Å². The molecule has 1 rings (SSSR count). The Morgan fingerprint density at radius 1 is 1.17 bits per heavy atom. The zero-order chi connectivity index (χ0) is 17.6. The quantitative estimate of drug-likeness (QED) is 0.595. The molecule has 0 fully saturated rings. The van der Waals surface area contributed by atoms with Gasteiger partial charge in [0.25, 0.3) is 5.91 Å². The van der Waals surface area contributed by atoms with E-state index in [1.54, 1.807) is 17.0 Å². The van der Waals surface area contributed by atoms with Crippen LogP contribution < -0.4 is 0 Å². The number of amides is 1. The van der Waals surface area contributed by atoms with E-state index >= 15 is 0 Å². The summed E-state index contributed by atoms with van der Waals surface area (Å²) in [4.78, 5) is 25.7. The zero-order valence-electron chi connectivity index (χ0n) is 14.8. The van der Waals surface area contributed by atoms with E-state index in [9.17, 15) is 9.59 Å². The molecule has 0 aliphatic carbocycles. The van der Waals surface area contributed by atoms with Gasteiger partial charge in [-0.2, -0.15) is 0 Å². The molecule has 0 saturated carbocycles. The molecule has 1 amide bonds. The average molecular weight is 317 g/mol. The second kappa shape index (κ2) is 7.95. The second-order valence-corrected chi connectivity index (χ2v) is 6.77. The third-order valence-electron chi connectivity index (χ3n) is 3.51. The summed E-state index contributed by atoms with van der Waals surface area (Å²) in [6.07, 6.45) is 0. The van der Waals surface area contributed by atoms with Crippen molar-refractivity contribution in [1.29, 1.82) is 0 Å². The van der Waals surface area contributed by atoms with Crippen molar-refractivity contribution in [3.05, 3.63) is 47.5 Å². The number of esters is 1. The first-order chi connectivity index (χ1) is 10.6. The van der Waals surface area contributed by atoms with E-state index in [1.165, 1.54) is 0 Å². The van der Waals surface area contributed by atoms with E-state index in [2.05, 4.69) is 27.4 Å². The predicted molar refractivity (Wildman–Crippen MR) is 92.5 cm³/mol. The van der Waals surface area contributed by atoms with Gasteiger partial charge in [0.2, 0.25) is 0 Å². The lowest BCUT2D eigenvalue weighted by Crippen LogP contribution is -2.35. The summed E-state index contributed by atoms with van der Waals surface area (Å²) in [5.74, 6) is -0.694. The van der Waals surface area contributed by atoms with Crippen LogP contribution in [0.15, 0.2) is 36.4 Å². The molecule has 0 spiro atoms. The molecule has 4 nitrogen and oxygen atoms in total. The topological polar surface area (TPSA) is 46.6 Å². The SMILES string of the molecule is C=C(C)CN(CC)C(=O)COC(=O)c1ccc(C(C)(C)C)cc1. The summed E-state index contributed by atoms with van der Waals surface area (Å²) in [5.41, 5.74) is 2.52. The molecular formula is C19H27NO3. The number of ether oxygens (including phenoxy) is 1. The predicted octanol–water partition coefficient (Wildman–Crippen LogP) is 3.57. The van der Waals surface area contributed by atoms with Crippen LogP contribution in [0, 0.1) is 0 Å². The van der Waals surface area contributed by atoms with E-state index in [-0.39, 0.29) is 17.9 Å². The van der Waals surface area contributed by atoms with Crippen molar-refractivity contribution in [2.75, 3.05) is 19.7 Å². The lowest BCUT2D eigenvalue weighted by Gasteiger charge is -2.21. The van der Waals surface area contributed by atoms with Crippen molar-refractivity contribution < 1.29 is 14.3 Å². The standard InChI is InChI=1S/C19H27NO3/c1-7-20(12-14(2)3)17(21)13-23-18(22)15-8-10-16(11-9-15)19(4,5)6/h8-11H,2,7,12-13H2,1,3-6H3. The molecule has 0 unspecified atom stereocenters. The van der Waals surface area contributed by atoms with E-state index in [0.717, 1.165) is 11.1 Å². The first-order valence-corrected chi connectivity index (χ1v) is 7.85. The summed E-state index contributed by atoms with van der Waals surface area (Å²) >= 11 is 0. The molecule has 0 atom stereocenters. The maximum Gasteiger partial charge on any atom is 0.338 e. The van der Waals surface area contributed by atoms with E-state index in [1.807, 2.05) is 26.0 Å². The third kappa shape index (κ3) is 5.89. The number of hydrogen-bond donors (Lipinski definition) is 0. The highest BCUT2D eigenvalue weighted by atomic mass is 16.5. The summed E-state index contributed by atoms with van der Waals surface area (Å²) in [7, 11) is 0. The van der Waals surface area contributed by atoms with Gasteiger partial charge in [0.1, 0.15) is 0 Å². The highest BCUT2D eigenvalue weighted by Gasteiger charge is 2.17. The molecule has 23 heavy (non-hydrogen) atoms. The Hall–Kier alpha value is -2.10. The number of nitrogens with zero attached hydrogens (tertiary/aromatic N) is 1. The normalized spacial score (nSPS) is 11.0. The Morgan fingerprint density at radius 3 is 2.17 bits per heavy atom. The van der Waals surface area contributed by atoms with Gasteiger partial charge in [-0.15, -0.1) is 0 Å². The molecule has 0 aliphatic heterocycles. The number of rotatable bonds is 6. The highest BCUT2D eigenvalue weighted by molar-refractivity contribution is 5.91. The minimum Gasteiger partial charge on any atom is -0.452 e. The van der Waals surface area contributed by atoms with Gasteiger partial charge in [-0.1, -0.05) is 45.1 Å². The van der Waals surface area contributed by atoms with Crippen molar-refractivity contribution in [3.63, 3.8) is 0 Å². The van der Waals surface area contributed by atoms with Gasteiger partial charge in [0.15, 0.2) is 6.61 Å². The van der Waals surface area contributed by atoms with Crippen molar-refractivity contribution in [2.24, 2.45) is 0 Å². The van der Waals surface area contributed by atoms with Crippen molar-refractivity contribution in [1.82, 2.24) is 4.90 Å². The fourth-order valence-corrected chi connectivity index (χ4v) is 2.11. The summed E-state index contributed by atoms with van der Waals surface area (Å²) in [6.45, 7) is 14.7. The maximum atomic E-state index is 12.0. The number of carbonyl (C=O) groups excluding carboxylic acids is 2. The van der Waals surface area contributed by atoms with Gasteiger partial charge in [-0.25, -0.2) is 4.79 Å². The molecule has 1 aromatic carbocycles. The monoisotopic (exact) mass is 317 g/mol. The molecule has 126 valence electrons. The van der Waals surface area contributed by atoms with Crippen molar-refractivity contribution in [2.45, 2.75) is 40.0 Å². The zero-order valence-corrected chi connectivity index (χ0v) is 14.8. The lowest BCUT2D eigenvalue weighted by atomic mass is 9.87. The molecule has 0 heterocycles. The second-order valence-electron chi connectivity index (χ2n) is 6.77. The number of carbonyl (C=O) groups is 2. The average Bonchev–Trinajstić information content (AvgIpc) is 2.49. The van der Waals surface area contributed by atoms with Crippen LogP contribution in [-0.4, -0.2) is 36.5 Å². The van der Waals surface area contributed by atoms with Gasteiger partial charge in [0.05, 0.1) is 5.56 Å². The lowest BCUT2D eigenvalue weighted by molar-refractivity contribution is -0.133. The molecule has 0 N–H and O–H groups in total. The minimum absolute atomic E-state index is 0.0303. The molecule has 0 aliphatic rings.